The zero-order chi connectivity index (χ0) is 12.1. The van der Waals surface area contributed by atoms with Crippen molar-refractivity contribution in [2.24, 2.45) is 0 Å². The first-order valence-electron chi connectivity index (χ1n) is 6.07. The Hall–Kier alpha value is -0.360. The molecule has 2 aliphatic rings. The Morgan fingerprint density at radius 3 is 2.59 bits per heavy atom. The molecule has 2 fully saturated rings. The highest BCUT2D eigenvalue weighted by Crippen LogP contribution is 2.09. The first kappa shape index (κ1) is 13.1. The summed E-state index contributed by atoms with van der Waals surface area (Å²) in [6.07, 6.45) is -0.400. The van der Waals surface area contributed by atoms with E-state index in [0.717, 1.165) is 32.7 Å². The van der Waals surface area contributed by atoms with Crippen molar-refractivity contribution in [2.45, 2.75) is 6.10 Å². The molecule has 0 aromatic carbocycles. The lowest BCUT2D eigenvalue weighted by Crippen LogP contribution is -2.53. The molecule has 0 spiro atoms. The third-order valence-electron chi connectivity index (χ3n) is 3.18. The predicted octanol–water partition coefficient (Wildman–Crippen LogP) is -0.215. The number of hydrogen-bond acceptors (Lipinski definition) is 4. The van der Waals surface area contributed by atoms with Gasteiger partial charge in [0.1, 0.15) is 0 Å². The normalized spacial score (nSPS) is 27.1. The molecule has 98 valence electrons. The SMILES string of the molecule is O=C(C1COCCO1)N1CCN(CCCl)CC1. The number of halogens is 1. The van der Waals surface area contributed by atoms with Gasteiger partial charge >= 0.3 is 0 Å². The summed E-state index contributed by atoms with van der Waals surface area (Å²) in [7, 11) is 0. The van der Waals surface area contributed by atoms with E-state index < -0.39 is 6.10 Å². The van der Waals surface area contributed by atoms with Crippen LogP contribution in [0.4, 0.5) is 0 Å². The van der Waals surface area contributed by atoms with Crippen LogP contribution in [0, 0.1) is 0 Å². The van der Waals surface area contributed by atoms with Crippen LogP contribution in [0.2, 0.25) is 0 Å². The number of nitrogens with zero attached hydrogens (tertiary/aromatic N) is 2. The fraction of sp³-hybridized carbons (Fsp3) is 0.909. The lowest BCUT2D eigenvalue weighted by molar-refractivity contribution is -0.159. The van der Waals surface area contributed by atoms with Gasteiger partial charge in [0.05, 0.1) is 19.8 Å². The molecule has 2 rings (SSSR count). The largest absolute Gasteiger partial charge is 0.376 e. The second-order valence-electron chi connectivity index (χ2n) is 4.29. The van der Waals surface area contributed by atoms with E-state index in [1.807, 2.05) is 4.90 Å². The summed E-state index contributed by atoms with van der Waals surface area (Å²) in [6.45, 7) is 5.70. The van der Waals surface area contributed by atoms with Gasteiger partial charge in [-0.3, -0.25) is 9.69 Å². The van der Waals surface area contributed by atoms with Crippen molar-refractivity contribution in [1.82, 2.24) is 9.80 Å². The Labute approximate surface area is 107 Å². The van der Waals surface area contributed by atoms with Gasteiger partial charge in [-0.15, -0.1) is 11.6 Å². The molecule has 0 aromatic rings. The Balaban J connectivity index is 1.77. The number of alkyl halides is 1. The fourth-order valence-corrected chi connectivity index (χ4v) is 2.38. The molecule has 17 heavy (non-hydrogen) atoms. The van der Waals surface area contributed by atoms with Gasteiger partial charge in [0.25, 0.3) is 5.91 Å². The maximum absolute atomic E-state index is 12.1. The van der Waals surface area contributed by atoms with Gasteiger partial charge in [-0.1, -0.05) is 0 Å². The highest BCUT2D eigenvalue weighted by molar-refractivity contribution is 6.18. The molecule has 0 radical (unpaired) electrons. The zero-order valence-corrected chi connectivity index (χ0v) is 10.7. The van der Waals surface area contributed by atoms with Crippen molar-refractivity contribution in [1.29, 1.82) is 0 Å². The van der Waals surface area contributed by atoms with Crippen molar-refractivity contribution in [3.8, 4) is 0 Å². The Bertz CT molecular complexity index is 251. The molecule has 1 atom stereocenters. The molecule has 5 nitrogen and oxygen atoms in total. The average Bonchev–Trinajstić information content (AvgIpc) is 2.40. The third-order valence-corrected chi connectivity index (χ3v) is 3.35. The summed E-state index contributed by atoms with van der Waals surface area (Å²) in [4.78, 5) is 16.2. The summed E-state index contributed by atoms with van der Waals surface area (Å²) < 4.78 is 10.7. The molecule has 0 bridgehead atoms. The lowest BCUT2D eigenvalue weighted by Gasteiger charge is -2.36. The van der Waals surface area contributed by atoms with Gasteiger partial charge in [-0.2, -0.15) is 0 Å². The van der Waals surface area contributed by atoms with Crippen LogP contribution >= 0.6 is 11.6 Å². The average molecular weight is 263 g/mol. The molecule has 2 aliphatic heterocycles. The van der Waals surface area contributed by atoms with Crippen LogP contribution in [0.5, 0.6) is 0 Å². The summed E-state index contributed by atoms with van der Waals surface area (Å²) in [6, 6.07) is 0. The highest BCUT2D eigenvalue weighted by atomic mass is 35.5. The van der Waals surface area contributed by atoms with Crippen molar-refractivity contribution in [3.05, 3.63) is 0 Å². The van der Waals surface area contributed by atoms with Crippen LogP contribution in [-0.4, -0.2) is 80.2 Å². The number of amides is 1. The van der Waals surface area contributed by atoms with Gasteiger partial charge in [0.2, 0.25) is 0 Å². The van der Waals surface area contributed by atoms with E-state index in [4.69, 9.17) is 21.1 Å². The molecule has 0 N–H and O–H groups in total. The van der Waals surface area contributed by atoms with Crippen LogP contribution in [0.25, 0.3) is 0 Å². The molecule has 6 heteroatoms. The van der Waals surface area contributed by atoms with E-state index in [2.05, 4.69) is 4.90 Å². The summed E-state index contributed by atoms with van der Waals surface area (Å²) in [5.41, 5.74) is 0. The highest BCUT2D eigenvalue weighted by Gasteiger charge is 2.29. The molecule has 1 amide bonds. The van der Waals surface area contributed by atoms with E-state index in [-0.39, 0.29) is 5.91 Å². The third kappa shape index (κ3) is 3.55. The quantitative estimate of drug-likeness (QED) is 0.660. The van der Waals surface area contributed by atoms with Crippen LogP contribution in [-0.2, 0) is 14.3 Å². The number of piperazine rings is 1. The molecule has 0 aromatic heterocycles. The maximum Gasteiger partial charge on any atom is 0.254 e. The summed E-state index contributed by atoms with van der Waals surface area (Å²) >= 11 is 5.70. The Morgan fingerprint density at radius 2 is 2.00 bits per heavy atom. The van der Waals surface area contributed by atoms with Crippen LogP contribution < -0.4 is 0 Å². The number of hydrogen-bond donors (Lipinski definition) is 0. The molecule has 2 heterocycles. The standard InChI is InChI=1S/C11H19ClN2O3/c12-1-2-13-3-5-14(6-4-13)11(15)10-9-16-7-8-17-10/h10H,1-9H2. The Morgan fingerprint density at radius 1 is 1.24 bits per heavy atom. The summed E-state index contributed by atoms with van der Waals surface area (Å²) in [5, 5.41) is 0. The topological polar surface area (TPSA) is 42.0 Å². The number of carbonyl (C=O) groups excluding carboxylic acids is 1. The van der Waals surface area contributed by atoms with E-state index in [9.17, 15) is 4.79 Å². The van der Waals surface area contributed by atoms with Crippen LogP contribution in [0.1, 0.15) is 0 Å². The number of carbonyl (C=O) groups is 1. The van der Waals surface area contributed by atoms with Crippen molar-refractivity contribution in [2.75, 3.05) is 58.4 Å². The fourth-order valence-electron chi connectivity index (χ4n) is 2.15. The van der Waals surface area contributed by atoms with E-state index in [0.29, 0.717) is 25.7 Å². The minimum atomic E-state index is -0.400. The second-order valence-corrected chi connectivity index (χ2v) is 4.67. The predicted molar refractivity (Wildman–Crippen MR) is 64.3 cm³/mol. The van der Waals surface area contributed by atoms with Gasteiger partial charge < -0.3 is 14.4 Å². The van der Waals surface area contributed by atoms with E-state index >= 15 is 0 Å². The lowest BCUT2D eigenvalue weighted by atomic mass is 10.2. The second kappa shape index (κ2) is 6.54. The number of ether oxygens (including phenoxy) is 2. The van der Waals surface area contributed by atoms with Gasteiger partial charge in [0.15, 0.2) is 6.10 Å². The van der Waals surface area contributed by atoms with Crippen molar-refractivity contribution >= 4 is 17.5 Å². The van der Waals surface area contributed by atoms with Gasteiger partial charge in [-0.25, -0.2) is 0 Å². The monoisotopic (exact) mass is 262 g/mol. The van der Waals surface area contributed by atoms with E-state index in [1.165, 1.54) is 0 Å². The van der Waals surface area contributed by atoms with E-state index in [1.54, 1.807) is 0 Å². The van der Waals surface area contributed by atoms with Gasteiger partial charge in [-0.05, 0) is 0 Å². The molecule has 0 aliphatic carbocycles. The molecule has 0 saturated carbocycles. The smallest absolute Gasteiger partial charge is 0.254 e. The Kier molecular flexibility index (Phi) is 5.03. The molecule has 2 saturated heterocycles. The molecular formula is C11H19ClN2O3. The van der Waals surface area contributed by atoms with Crippen LogP contribution in [0.3, 0.4) is 0 Å². The van der Waals surface area contributed by atoms with Gasteiger partial charge in [0, 0.05) is 38.6 Å². The number of rotatable bonds is 3. The zero-order valence-electron chi connectivity index (χ0n) is 9.94. The molecule has 1 unspecified atom stereocenters. The minimum Gasteiger partial charge on any atom is -0.376 e. The van der Waals surface area contributed by atoms with Crippen molar-refractivity contribution in [3.63, 3.8) is 0 Å². The first-order valence-corrected chi connectivity index (χ1v) is 6.61. The minimum absolute atomic E-state index is 0.0650. The first-order chi connectivity index (χ1) is 8.31. The van der Waals surface area contributed by atoms with Crippen LogP contribution in [0.15, 0.2) is 0 Å². The molecular weight excluding hydrogens is 244 g/mol. The summed E-state index contributed by atoms with van der Waals surface area (Å²) in [5.74, 6) is 0.711. The van der Waals surface area contributed by atoms with Crippen molar-refractivity contribution < 1.29 is 14.3 Å². The maximum atomic E-state index is 12.1.